The summed E-state index contributed by atoms with van der Waals surface area (Å²) in [4.78, 5) is 23.5. The lowest BCUT2D eigenvalue weighted by Crippen LogP contribution is -2.21. The van der Waals surface area contributed by atoms with Crippen LogP contribution in [0.25, 0.3) is 0 Å². The fourth-order valence-corrected chi connectivity index (χ4v) is 1.89. The Morgan fingerprint density at radius 1 is 1.22 bits per heavy atom. The van der Waals surface area contributed by atoms with Gasteiger partial charge in [0.25, 0.3) is 5.91 Å². The number of ether oxygens (including phenoxy) is 1. The van der Waals surface area contributed by atoms with Crippen LogP contribution in [0.1, 0.15) is 15.9 Å². The third-order valence-corrected chi connectivity index (χ3v) is 3.05. The summed E-state index contributed by atoms with van der Waals surface area (Å²) in [7, 11) is 0. The van der Waals surface area contributed by atoms with E-state index in [0.717, 1.165) is 0 Å². The van der Waals surface area contributed by atoms with Crippen LogP contribution >= 0.6 is 11.6 Å². The van der Waals surface area contributed by atoms with Crippen LogP contribution in [0.3, 0.4) is 0 Å². The average molecular weight is 331 g/mol. The Labute approximate surface area is 136 Å². The molecule has 2 aromatic rings. The normalized spacial score (nSPS) is 9.74. The molecule has 0 atom stereocenters. The van der Waals surface area contributed by atoms with Crippen molar-refractivity contribution in [2.45, 2.75) is 0 Å². The highest BCUT2D eigenvalue weighted by atomic mass is 35.5. The first-order valence-electron chi connectivity index (χ1n) is 6.45. The molecule has 116 valence electrons. The predicted molar refractivity (Wildman–Crippen MR) is 83.2 cm³/mol. The van der Waals surface area contributed by atoms with Gasteiger partial charge in [-0.3, -0.25) is 4.79 Å². The number of nitriles is 1. The van der Waals surface area contributed by atoms with Crippen LogP contribution in [0, 0.1) is 11.3 Å². The van der Waals surface area contributed by atoms with E-state index >= 15 is 0 Å². The molecule has 2 N–H and O–H groups in total. The molecular formula is C16H11ClN2O4. The SMILES string of the molecule is N#Cc1ccc(Cl)cc1NC(=O)COC(=O)c1ccc(O)cc1. The van der Waals surface area contributed by atoms with Crippen molar-refractivity contribution in [3.63, 3.8) is 0 Å². The smallest absolute Gasteiger partial charge is 0.338 e. The summed E-state index contributed by atoms with van der Waals surface area (Å²) in [5, 5.41) is 20.9. The molecule has 6 nitrogen and oxygen atoms in total. The molecule has 0 fully saturated rings. The second kappa shape index (κ2) is 7.29. The molecule has 0 bridgehead atoms. The number of hydrogen-bond acceptors (Lipinski definition) is 5. The molecule has 0 aromatic heterocycles. The van der Waals surface area contributed by atoms with E-state index < -0.39 is 18.5 Å². The molecular weight excluding hydrogens is 320 g/mol. The highest BCUT2D eigenvalue weighted by Gasteiger charge is 2.12. The Morgan fingerprint density at radius 2 is 1.91 bits per heavy atom. The van der Waals surface area contributed by atoms with Gasteiger partial charge in [0.15, 0.2) is 6.61 Å². The van der Waals surface area contributed by atoms with Gasteiger partial charge < -0.3 is 15.2 Å². The van der Waals surface area contributed by atoms with Crippen LogP contribution in [0.15, 0.2) is 42.5 Å². The Balaban J connectivity index is 1.95. The maximum atomic E-state index is 11.8. The number of phenols is 1. The molecule has 2 aromatic carbocycles. The zero-order chi connectivity index (χ0) is 16.8. The number of phenolic OH excluding ortho intramolecular Hbond substituents is 1. The maximum absolute atomic E-state index is 11.8. The van der Waals surface area contributed by atoms with E-state index in [1.165, 1.54) is 42.5 Å². The second-order valence-corrected chi connectivity index (χ2v) is 4.91. The van der Waals surface area contributed by atoms with Gasteiger partial charge in [-0.2, -0.15) is 5.26 Å². The van der Waals surface area contributed by atoms with Crippen LogP contribution in [0.4, 0.5) is 5.69 Å². The average Bonchev–Trinajstić information content (AvgIpc) is 2.53. The maximum Gasteiger partial charge on any atom is 0.338 e. The van der Waals surface area contributed by atoms with Crippen LogP contribution in [0.2, 0.25) is 5.02 Å². The minimum Gasteiger partial charge on any atom is -0.508 e. The summed E-state index contributed by atoms with van der Waals surface area (Å²) in [6, 6.07) is 11.8. The fourth-order valence-electron chi connectivity index (χ4n) is 1.72. The molecule has 0 saturated heterocycles. The number of carbonyl (C=O) groups is 2. The van der Waals surface area contributed by atoms with Crippen LogP contribution in [0.5, 0.6) is 5.75 Å². The van der Waals surface area contributed by atoms with Gasteiger partial charge in [0.1, 0.15) is 11.8 Å². The van der Waals surface area contributed by atoms with Gasteiger partial charge in [-0.1, -0.05) is 11.6 Å². The van der Waals surface area contributed by atoms with Crippen molar-refractivity contribution >= 4 is 29.2 Å². The van der Waals surface area contributed by atoms with Crippen molar-refractivity contribution in [3.05, 3.63) is 58.6 Å². The van der Waals surface area contributed by atoms with Crippen molar-refractivity contribution in [1.82, 2.24) is 0 Å². The molecule has 0 aliphatic carbocycles. The minimum absolute atomic E-state index is 0.0179. The number of rotatable bonds is 4. The second-order valence-electron chi connectivity index (χ2n) is 4.47. The molecule has 23 heavy (non-hydrogen) atoms. The third kappa shape index (κ3) is 4.46. The number of nitrogens with one attached hydrogen (secondary N) is 1. The zero-order valence-corrected chi connectivity index (χ0v) is 12.5. The standard InChI is InChI=1S/C16H11ClN2O4/c17-12-4-1-11(8-18)14(7-12)19-15(21)9-23-16(22)10-2-5-13(20)6-3-10/h1-7,20H,9H2,(H,19,21). The van der Waals surface area contributed by atoms with E-state index in [1.807, 2.05) is 6.07 Å². The topological polar surface area (TPSA) is 99.4 Å². The zero-order valence-electron chi connectivity index (χ0n) is 11.7. The molecule has 2 rings (SSSR count). The van der Waals surface area contributed by atoms with Crippen LogP contribution in [-0.2, 0) is 9.53 Å². The largest absolute Gasteiger partial charge is 0.508 e. The van der Waals surface area contributed by atoms with E-state index in [0.29, 0.717) is 5.02 Å². The number of hydrogen-bond donors (Lipinski definition) is 2. The summed E-state index contributed by atoms with van der Waals surface area (Å²) < 4.78 is 4.86. The number of halogens is 1. The summed E-state index contributed by atoms with van der Waals surface area (Å²) in [5.41, 5.74) is 0.689. The summed E-state index contributed by atoms with van der Waals surface area (Å²) in [6.07, 6.45) is 0. The van der Waals surface area contributed by atoms with Gasteiger partial charge in [0.2, 0.25) is 0 Å². The van der Waals surface area contributed by atoms with Crippen LogP contribution < -0.4 is 5.32 Å². The number of esters is 1. The molecule has 0 aliphatic heterocycles. The van der Waals surface area contributed by atoms with Crippen molar-refractivity contribution in [1.29, 1.82) is 5.26 Å². The van der Waals surface area contributed by atoms with E-state index in [1.54, 1.807) is 0 Å². The van der Waals surface area contributed by atoms with E-state index in [-0.39, 0.29) is 22.6 Å². The summed E-state index contributed by atoms with van der Waals surface area (Å²) in [5.74, 6) is -1.29. The molecule has 1 amide bonds. The van der Waals surface area contributed by atoms with E-state index in [4.69, 9.17) is 26.7 Å². The summed E-state index contributed by atoms with van der Waals surface area (Å²) in [6.45, 7) is -0.517. The van der Waals surface area contributed by atoms with Gasteiger partial charge in [-0.05, 0) is 42.5 Å². The molecule has 0 aliphatic rings. The Morgan fingerprint density at radius 3 is 2.57 bits per heavy atom. The lowest BCUT2D eigenvalue weighted by atomic mass is 10.2. The highest BCUT2D eigenvalue weighted by Crippen LogP contribution is 2.20. The molecule has 0 heterocycles. The Bertz CT molecular complexity index is 782. The van der Waals surface area contributed by atoms with Gasteiger partial charge in [0, 0.05) is 5.02 Å². The van der Waals surface area contributed by atoms with Gasteiger partial charge >= 0.3 is 5.97 Å². The lowest BCUT2D eigenvalue weighted by Gasteiger charge is -2.08. The first kappa shape index (κ1) is 16.3. The molecule has 0 unspecified atom stereocenters. The van der Waals surface area contributed by atoms with Crippen LogP contribution in [-0.4, -0.2) is 23.6 Å². The Hall–Kier alpha value is -3.04. The van der Waals surface area contributed by atoms with Gasteiger partial charge in [-0.15, -0.1) is 0 Å². The first-order valence-corrected chi connectivity index (χ1v) is 6.83. The van der Waals surface area contributed by atoms with Crippen molar-refractivity contribution < 1.29 is 19.4 Å². The monoisotopic (exact) mass is 330 g/mol. The molecule has 0 spiro atoms. The van der Waals surface area contributed by atoms with Gasteiger partial charge in [0.05, 0.1) is 16.8 Å². The number of carbonyl (C=O) groups excluding carboxylic acids is 2. The van der Waals surface area contributed by atoms with Crippen molar-refractivity contribution in [2.24, 2.45) is 0 Å². The quantitative estimate of drug-likeness (QED) is 0.840. The number of aromatic hydroxyl groups is 1. The number of benzene rings is 2. The summed E-state index contributed by atoms with van der Waals surface area (Å²) >= 11 is 5.81. The van der Waals surface area contributed by atoms with Gasteiger partial charge in [-0.25, -0.2) is 4.79 Å². The van der Waals surface area contributed by atoms with E-state index in [9.17, 15) is 9.59 Å². The minimum atomic E-state index is -0.702. The number of anilines is 1. The predicted octanol–water partition coefficient (Wildman–Crippen LogP) is 2.71. The lowest BCUT2D eigenvalue weighted by molar-refractivity contribution is -0.119. The highest BCUT2D eigenvalue weighted by molar-refractivity contribution is 6.31. The number of amides is 1. The van der Waals surface area contributed by atoms with Crippen molar-refractivity contribution in [2.75, 3.05) is 11.9 Å². The molecule has 0 saturated carbocycles. The molecule has 0 radical (unpaired) electrons. The Kier molecular flexibility index (Phi) is 5.18. The van der Waals surface area contributed by atoms with Crippen molar-refractivity contribution in [3.8, 4) is 11.8 Å². The number of nitrogens with zero attached hydrogens (tertiary/aromatic N) is 1. The molecule has 7 heteroatoms. The van der Waals surface area contributed by atoms with E-state index in [2.05, 4.69) is 5.32 Å². The third-order valence-electron chi connectivity index (χ3n) is 2.81. The first-order chi connectivity index (χ1) is 11.0. The fraction of sp³-hybridized carbons (Fsp3) is 0.0625.